The van der Waals surface area contributed by atoms with Crippen molar-refractivity contribution in [2.75, 3.05) is 0 Å². The second-order valence-electron chi connectivity index (χ2n) is 11.3. The zero-order chi connectivity index (χ0) is 27.8. The van der Waals surface area contributed by atoms with E-state index in [9.17, 15) is 0 Å². The lowest BCUT2D eigenvalue weighted by molar-refractivity contribution is 0.670. The average molecular weight is 535 g/mol. The molecule has 0 radical (unpaired) electrons. The molecular formula is C41H26O. The molecule has 0 amide bonds. The summed E-state index contributed by atoms with van der Waals surface area (Å²) in [5.41, 5.74) is 10.4. The first-order valence-electron chi connectivity index (χ1n) is 14.5. The van der Waals surface area contributed by atoms with Crippen molar-refractivity contribution in [1.82, 2.24) is 0 Å². The van der Waals surface area contributed by atoms with Crippen molar-refractivity contribution in [3.05, 3.63) is 145 Å². The highest BCUT2D eigenvalue weighted by Crippen LogP contribution is 2.45. The SMILES string of the molecule is Cc1ccc(-c2ccc3ccc4c(-c5ccccc5-c5cccc6c5oc5ccccc56)ccc5ccc2c3c54)cc1. The quantitative estimate of drug-likeness (QED) is 0.205. The largest absolute Gasteiger partial charge is 0.455 e. The topological polar surface area (TPSA) is 13.1 Å². The lowest BCUT2D eigenvalue weighted by Gasteiger charge is -2.18. The zero-order valence-corrected chi connectivity index (χ0v) is 23.2. The molecule has 1 aromatic heterocycles. The highest BCUT2D eigenvalue weighted by atomic mass is 16.3. The Bertz CT molecular complexity index is 2460. The van der Waals surface area contributed by atoms with E-state index in [0.717, 1.165) is 27.5 Å². The van der Waals surface area contributed by atoms with Gasteiger partial charge in [0.25, 0.3) is 0 Å². The predicted molar refractivity (Wildman–Crippen MR) is 178 cm³/mol. The van der Waals surface area contributed by atoms with Gasteiger partial charge >= 0.3 is 0 Å². The smallest absolute Gasteiger partial charge is 0.143 e. The van der Waals surface area contributed by atoms with Crippen LogP contribution in [0.15, 0.2) is 144 Å². The summed E-state index contributed by atoms with van der Waals surface area (Å²) in [7, 11) is 0. The summed E-state index contributed by atoms with van der Waals surface area (Å²) >= 11 is 0. The third-order valence-corrected chi connectivity index (χ3v) is 8.94. The fourth-order valence-electron chi connectivity index (χ4n) is 6.93. The Morgan fingerprint density at radius 2 is 0.952 bits per heavy atom. The Morgan fingerprint density at radius 3 is 1.71 bits per heavy atom. The van der Waals surface area contributed by atoms with E-state index < -0.39 is 0 Å². The number of aryl methyl sites for hydroxylation is 1. The van der Waals surface area contributed by atoms with Crippen LogP contribution in [0.2, 0.25) is 0 Å². The fourth-order valence-corrected chi connectivity index (χ4v) is 6.93. The molecule has 0 atom stereocenters. The first-order valence-corrected chi connectivity index (χ1v) is 14.5. The Hall–Kier alpha value is -5.40. The number of furan rings is 1. The summed E-state index contributed by atoms with van der Waals surface area (Å²) in [6.45, 7) is 2.14. The maximum atomic E-state index is 6.47. The van der Waals surface area contributed by atoms with Crippen molar-refractivity contribution >= 4 is 54.3 Å². The van der Waals surface area contributed by atoms with Gasteiger partial charge in [0.05, 0.1) is 0 Å². The summed E-state index contributed by atoms with van der Waals surface area (Å²) in [5, 5.41) is 10.1. The molecule has 0 saturated carbocycles. The summed E-state index contributed by atoms with van der Waals surface area (Å²) < 4.78 is 6.47. The second-order valence-corrected chi connectivity index (χ2v) is 11.3. The molecule has 9 rings (SSSR count). The van der Waals surface area contributed by atoms with Crippen molar-refractivity contribution in [3.8, 4) is 33.4 Å². The molecule has 0 N–H and O–H groups in total. The molecule has 0 aliphatic rings. The van der Waals surface area contributed by atoms with Crippen LogP contribution >= 0.6 is 0 Å². The summed E-state index contributed by atoms with van der Waals surface area (Å²) in [5.74, 6) is 0. The molecule has 0 spiro atoms. The Kier molecular flexibility index (Phi) is 4.88. The van der Waals surface area contributed by atoms with Crippen LogP contribution in [0.5, 0.6) is 0 Å². The molecule has 196 valence electrons. The van der Waals surface area contributed by atoms with E-state index in [0.29, 0.717) is 0 Å². The van der Waals surface area contributed by atoms with E-state index in [-0.39, 0.29) is 0 Å². The summed E-state index contributed by atoms with van der Waals surface area (Å²) in [4.78, 5) is 0. The van der Waals surface area contributed by atoms with Gasteiger partial charge in [-0.2, -0.15) is 0 Å². The van der Waals surface area contributed by atoms with Crippen LogP contribution in [0, 0.1) is 6.92 Å². The molecule has 0 unspecified atom stereocenters. The molecule has 1 heteroatoms. The van der Waals surface area contributed by atoms with Gasteiger partial charge < -0.3 is 4.42 Å². The lowest BCUT2D eigenvalue weighted by atomic mass is 9.85. The van der Waals surface area contributed by atoms with Crippen LogP contribution in [-0.2, 0) is 0 Å². The van der Waals surface area contributed by atoms with Crippen LogP contribution in [0.4, 0.5) is 0 Å². The molecule has 42 heavy (non-hydrogen) atoms. The van der Waals surface area contributed by atoms with E-state index in [1.807, 2.05) is 6.07 Å². The maximum absolute atomic E-state index is 6.47. The van der Waals surface area contributed by atoms with Crippen molar-refractivity contribution in [1.29, 1.82) is 0 Å². The van der Waals surface area contributed by atoms with E-state index in [1.165, 1.54) is 65.7 Å². The minimum atomic E-state index is 0.921. The molecule has 1 nitrogen and oxygen atoms in total. The Morgan fingerprint density at radius 1 is 0.381 bits per heavy atom. The number of fused-ring (bicyclic) bond motifs is 3. The molecule has 0 aliphatic heterocycles. The van der Waals surface area contributed by atoms with Crippen LogP contribution in [0.3, 0.4) is 0 Å². The first-order chi connectivity index (χ1) is 20.7. The van der Waals surface area contributed by atoms with Crippen molar-refractivity contribution in [3.63, 3.8) is 0 Å². The van der Waals surface area contributed by atoms with Gasteiger partial charge in [0.15, 0.2) is 0 Å². The van der Waals surface area contributed by atoms with E-state index in [4.69, 9.17) is 4.42 Å². The molecular weight excluding hydrogens is 508 g/mol. The number of para-hydroxylation sites is 2. The zero-order valence-electron chi connectivity index (χ0n) is 23.2. The molecule has 0 saturated heterocycles. The number of hydrogen-bond acceptors (Lipinski definition) is 1. The van der Waals surface area contributed by atoms with Crippen LogP contribution in [0.25, 0.3) is 87.6 Å². The lowest BCUT2D eigenvalue weighted by Crippen LogP contribution is -1.91. The van der Waals surface area contributed by atoms with Crippen LogP contribution in [0.1, 0.15) is 5.56 Å². The second kappa shape index (κ2) is 8.80. The molecule has 1 heterocycles. The summed E-state index contributed by atoms with van der Waals surface area (Å²) in [6, 6.07) is 50.7. The van der Waals surface area contributed by atoms with Gasteiger partial charge in [-0.3, -0.25) is 0 Å². The maximum Gasteiger partial charge on any atom is 0.143 e. The fraction of sp³-hybridized carbons (Fsp3) is 0.0244. The van der Waals surface area contributed by atoms with E-state index in [1.54, 1.807) is 0 Å². The molecule has 9 aromatic rings. The van der Waals surface area contributed by atoms with Crippen molar-refractivity contribution in [2.24, 2.45) is 0 Å². The van der Waals surface area contributed by atoms with E-state index >= 15 is 0 Å². The monoisotopic (exact) mass is 534 g/mol. The van der Waals surface area contributed by atoms with Gasteiger partial charge in [-0.15, -0.1) is 0 Å². The first kappa shape index (κ1) is 23.3. The third kappa shape index (κ3) is 3.31. The molecule has 0 bridgehead atoms. The van der Waals surface area contributed by atoms with Gasteiger partial charge in [0, 0.05) is 16.3 Å². The Labute approximate surface area is 243 Å². The summed E-state index contributed by atoms with van der Waals surface area (Å²) in [6.07, 6.45) is 0. The van der Waals surface area contributed by atoms with Gasteiger partial charge in [-0.05, 0) is 73.1 Å². The minimum absolute atomic E-state index is 0.921. The number of hydrogen-bond donors (Lipinski definition) is 0. The third-order valence-electron chi connectivity index (χ3n) is 8.94. The van der Waals surface area contributed by atoms with E-state index in [2.05, 4.69) is 140 Å². The van der Waals surface area contributed by atoms with Gasteiger partial charge in [0.1, 0.15) is 11.2 Å². The van der Waals surface area contributed by atoms with Crippen molar-refractivity contribution < 1.29 is 4.42 Å². The highest BCUT2D eigenvalue weighted by Gasteiger charge is 2.18. The van der Waals surface area contributed by atoms with Crippen LogP contribution < -0.4 is 0 Å². The molecule has 8 aromatic carbocycles. The number of benzene rings is 8. The van der Waals surface area contributed by atoms with Crippen molar-refractivity contribution in [2.45, 2.75) is 6.92 Å². The number of rotatable bonds is 3. The van der Waals surface area contributed by atoms with Gasteiger partial charge in [-0.1, -0.05) is 139 Å². The standard InChI is InChI=1S/C41H26O/c1-25-13-15-26(16-14-25)29-21-17-27-20-24-35-32(22-18-28-19-23-34(29)39(27)40(28)35)30-7-2-3-8-31(30)36-10-6-11-37-33-9-4-5-12-38(33)42-41(36)37/h2-24H,1H3. The highest BCUT2D eigenvalue weighted by molar-refractivity contribution is 6.28. The normalized spacial score (nSPS) is 11.9. The van der Waals surface area contributed by atoms with Crippen LogP contribution in [-0.4, -0.2) is 0 Å². The average Bonchev–Trinajstić information content (AvgIpc) is 3.43. The predicted octanol–water partition coefficient (Wildman–Crippen LogP) is 11.8. The minimum Gasteiger partial charge on any atom is -0.455 e. The molecule has 0 aliphatic carbocycles. The molecule has 0 fully saturated rings. The van der Waals surface area contributed by atoms with Gasteiger partial charge in [0.2, 0.25) is 0 Å². The van der Waals surface area contributed by atoms with Gasteiger partial charge in [-0.25, -0.2) is 0 Å². The Balaban J connectivity index is 1.32.